The van der Waals surface area contributed by atoms with Crippen LogP contribution in [0.5, 0.6) is 0 Å². The van der Waals surface area contributed by atoms with Crippen LogP contribution in [0.1, 0.15) is 24.2 Å². The molecule has 0 amide bonds. The van der Waals surface area contributed by atoms with Crippen molar-refractivity contribution in [3.8, 4) is 0 Å². The molecule has 2 N–H and O–H groups in total. The number of carbonyl (C=O) groups excluding carboxylic acids is 1. The predicted octanol–water partition coefficient (Wildman–Crippen LogP) is 0.348. The van der Waals surface area contributed by atoms with Gasteiger partial charge in [0.15, 0.2) is 0 Å². The zero-order valence-electron chi connectivity index (χ0n) is 8.98. The predicted molar refractivity (Wildman–Crippen MR) is 57.6 cm³/mol. The molecule has 0 saturated carbocycles. The Labute approximate surface area is 93.2 Å². The highest BCUT2D eigenvalue weighted by Gasteiger charge is 2.18. The first-order valence-corrected chi connectivity index (χ1v) is 6.36. The summed E-state index contributed by atoms with van der Waals surface area (Å²) in [6.07, 6.45) is 1.21. The van der Waals surface area contributed by atoms with E-state index in [1.807, 2.05) is 0 Å². The molecule has 16 heavy (non-hydrogen) atoms. The van der Waals surface area contributed by atoms with Crippen LogP contribution in [0.2, 0.25) is 0 Å². The molecular formula is C8H13N3O4S. The number of aromatic nitrogens is 2. The number of sulfonamides is 1. The van der Waals surface area contributed by atoms with Gasteiger partial charge in [0.1, 0.15) is 11.4 Å². The van der Waals surface area contributed by atoms with Crippen molar-refractivity contribution in [2.24, 2.45) is 0 Å². The summed E-state index contributed by atoms with van der Waals surface area (Å²) in [4.78, 5) is 11.4. The van der Waals surface area contributed by atoms with Gasteiger partial charge < -0.3 is 4.74 Å². The molecule has 0 aromatic carbocycles. The summed E-state index contributed by atoms with van der Waals surface area (Å²) in [5, 5.41) is 5.99. The SMILES string of the molecule is CCOC(=O)c1cn[nH]c1NS(=O)(=O)CC. The van der Waals surface area contributed by atoms with Crippen molar-refractivity contribution in [3.05, 3.63) is 11.8 Å². The van der Waals surface area contributed by atoms with Crippen LogP contribution >= 0.6 is 0 Å². The van der Waals surface area contributed by atoms with Crippen LogP contribution in [0.25, 0.3) is 0 Å². The van der Waals surface area contributed by atoms with Gasteiger partial charge in [-0.3, -0.25) is 9.82 Å². The number of ether oxygens (including phenoxy) is 1. The average molecular weight is 247 g/mol. The van der Waals surface area contributed by atoms with Crippen molar-refractivity contribution in [1.82, 2.24) is 10.2 Å². The molecule has 0 spiro atoms. The summed E-state index contributed by atoms with van der Waals surface area (Å²) in [5.74, 6) is -0.681. The van der Waals surface area contributed by atoms with Gasteiger partial charge in [-0.25, -0.2) is 13.2 Å². The smallest absolute Gasteiger partial charge is 0.343 e. The van der Waals surface area contributed by atoms with E-state index in [4.69, 9.17) is 4.74 Å². The molecule has 0 fully saturated rings. The second kappa shape index (κ2) is 4.97. The number of nitrogens with zero attached hydrogens (tertiary/aromatic N) is 1. The third-order valence-electron chi connectivity index (χ3n) is 1.77. The van der Waals surface area contributed by atoms with Gasteiger partial charge in [-0.2, -0.15) is 5.10 Å². The second-order valence-electron chi connectivity index (χ2n) is 2.88. The van der Waals surface area contributed by atoms with Crippen molar-refractivity contribution in [3.63, 3.8) is 0 Å². The van der Waals surface area contributed by atoms with Gasteiger partial charge in [0.05, 0.1) is 18.6 Å². The van der Waals surface area contributed by atoms with Crippen LogP contribution in [-0.2, 0) is 14.8 Å². The van der Waals surface area contributed by atoms with E-state index in [9.17, 15) is 13.2 Å². The van der Waals surface area contributed by atoms with E-state index < -0.39 is 16.0 Å². The van der Waals surface area contributed by atoms with Crippen LogP contribution < -0.4 is 4.72 Å². The van der Waals surface area contributed by atoms with E-state index in [2.05, 4.69) is 14.9 Å². The highest BCUT2D eigenvalue weighted by molar-refractivity contribution is 7.92. The van der Waals surface area contributed by atoms with Crippen LogP contribution in [0.15, 0.2) is 6.20 Å². The Hall–Kier alpha value is -1.57. The Morgan fingerprint density at radius 3 is 2.81 bits per heavy atom. The molecule has 1 aromatic rings. The van der Waals surface area contributed by atoms with Gasteiger partial charge >= 0.3 is 5.97 Å². The lowest BCUT2D eigenvalue weighted by Gasteiger charge is -2.05. The van der Waals surface area contributed by atoms with Gasteiger partial charge in [-0.05, 0) is 13.8 Å². The summed E-state index contributed by atoms with van der Waals surface area (Å²) in [5.41, 5.74) is 0.0684. The lowest BCUT2D eigenvalue weighted by atomic mass is 10.3. The highest BCUT2D eigenvalue weighted by atomic mass is 32.2. The monoisotopic (exact) mass is 247 g/mol. The third kappa shape index (κ3) is 2.96. The van der Waals surface area contributed by atoms with Crippen molar-refractivity contribution < 1.29 is 17.9 Å². The van der Waals surface area contributed by atoms with Crippen molar-refractivity contribution >= 4 is 21.8 Å². The minimum Gasteiger partial charge on any atom is -0.462 e. The quantitative estimate of drug-likeness (QED) is 0.731. The van der Waals surface area contributed by atoms with Crippen LogP contribution in [-0.4, -0.2) is 36.9 Å². The molecule has 0 atom stereocenters. The van der Waals surface area contributed by atoms with Gasteiger partial charge in [-0.15, -0.1) is 0 Å². The maximum Gasteiger partial charge on any atom is 0.343 e. The Morgan fingerprint density at radius 2 is 2.25 bits per heavy atom. The fourth-order valence-electron chi connectivity index (χ4n) is 0.955. The lowest BCUT2D eigenvalue weighted by molar-refractivity contribution is 0.0527. The number of anilines is 1. The van der Waals surface area contributed by atoms with Crippen molar-refractivity contribution in [1.29, 1.82) is 0 Å². The summed E-state index contributed by atoms with van der Waals surface area (Å²) in [6.45, 7) is 3.36. The van der Waals surface area contributed by atoms with Crippen LogP contribution in [0.3, 0.4) is 0 Å². The summed E-state index contributed by atoms with van der Waals surface area (Å²) in [6, 6.07) is 0. The molecule has 90 valence electrons. The van der Waals surface area contributed by atoms with E-state index in [0.29, 0.717) is 0 Å². The molecule has 0 aliphatic rings. The molecule has 1 rings (SSSR count). The minimum absolute atomic E-state index is 0.0281. The van der Waals surface area contributed by atoms with Gasteiger partial charge in [-0.1, -0.05) is 0 Å². The number of H-pyrrole nitrogens is 1. The van der Waals surface area contributed by atoms with E-state index in [0.717, 1.165) is 0 Å². The summed E-state index contributed by atoms with van der Waals surface area (Å²) >= 11 is 0. The zero-order valence-corrected chi connectivity index (χ0v) is 9.80. The van der Waals surface area contributed by atoms with E-state index in [1.54, 1.807) is 6.92 Å². The summed E-state index contributed by atoms with van der Waals surface area (Å²) < 4.78 is 29.5. The molecular weight excluding hydrogens is 234 g/mol. The topological polar surface area (TPSA) is 101 Å². The molecule has 0 bridgehead atoms. The molecule has 0 aliphatic carbocycles. The molecule has 1 heterocycles. The van der Waals surface area contributed by atoms with E-state index >= 15 is 0 Å². The fourth-order valence-corrected chi connectivity index (χ4v) is 1.57. The number of rotatable bonds is 5. The first kappa shape index (κ1) is 12.5. The summed E-state index contributed by atoms with van der Waals surface area (Å²) in [7, 11) is -3.44. The van der Waals surface area contributed by atoms with E-state index in [1.165, 1.54) is 13.1 Å². The largest absolute Gasteiger partial charge is 0.462 e. The maximum atomic E-state index is 11.4. The number of carbonyl (C=O) groups is 1. The van der Waals surface area contributed by atoms with E-state index in [-0.39, 0.29) is 23.7 Å². The van der Waals surface area contributed by atoms with Gasteiger partial charge in [0.25, 0.3) is 0 Å². The number of aromatic amines is 1. The molecule has 1 aromatic heterocycles. The first-order valence-electron chi connectivity index (χ1n) is 4.71. The second-order valence-corrected chi connectivity index (χ2v) is 4.90. The van der Waals surface area contributed by atoms with Crippen molar-refractivity contribution in [2.45, 2.75) is 13.8 Å². The number of nitrogens with one attached hydrogen (secondary N) is 2. The van der Waals surface area contributed by atoms with Crippen LogP contribution in [0, 0.1) is 0 Å². The molecule has 8 heteroatoms. The number of esters is 1. The lowest BCUT2D eigenvalue weighted by Crippen LogP contribution is -2.17. The highest BCUT2D eigenvalue weighted by Crippen LogP contribution is 2.13. The minimum atomic E-state index is -3.44. The zero-order chi connectivity index (χ0) is 12.2. The Balaban J connectivity index is 2.91. The normalized spacial score (nSPS) is 11.1. The molecule has 0 saturated heterocycles. The van der Waals surface area contributed by atoms with Crippen LogP contribution in [0.4, 0.5) is 5.82 Å². The number of hydrogen-bond acceptors (Lipinski definition) is 5. The Morgan fingerprint density at radius 1 is 1.56 bits per heavy atom. The Kier molecular flexibility index (Phi) is 3.88. The van der Waals surface area contributed by atoms with Crippen molar-refractivity contribution in [2.75, 3.05) is 17.1 Å². The third-order valence-corrected chi connectivity index (χ3v) is 3.05. The molecule has 0 radical (unpaired) electrons. The van der Waals surface area contributed by atoms with Gasteiger partial charge in [0, 0.05) is 0 Å². The number of hydrogen-bond donors (Lipinski definition) is 2. The molecule has 7 nitrogen and oxygen atoms in total. The fraction of sp³-hybridized carbons (Fsp3) is 0.500. The average Bonchev–Trinajstić information content (AvgIpc) is 2.65. The first-order chi connectivity index (χ1) is 7.50. The Bertz CT molecular complexity index is 465. The molecule has 0 unspecified atom stereocenters. The maximum absolute atomic E-state index is 11.4. The standard InChI is InChI=1S/C8H13N3O4S/c1-3-15-8(12)6-5-9-10-7(6)11-16(13,14)4-2/h5H,3-4H2,1-2H3,(H2,9,10,11). The van der Waals surface area contributed by atoms with Gasteiger partial charge in [0.2, 0.25) is 10.0 Å². The molecule has 0 aliphatic heterocycles.